The Balaban J connectivity index is 2.01. The predicted octanol–water partition coefficient (Wildman–Crippen LogP) is 2.10. The lowest BCUT2D eigenvalue weighted by molar-refractivity contribution is -0.120. The summed E-state index contributed by atoms with van der Waals surface area (Å²) in [6.45, 7) is 3.67. The Hall–Kier alpha value is -1.19. The molecule has 0 N–H and O–H groups in total. The van der Waals surface area contributed by atoms with Crippen molar-refractivity contribution >= 4 is 5.78 Å². The first-order valence-electron chi connectivity index (χ1n) is 5.56. The third-order valence-electron chi connectivity index (χ3n) is 2.85. The molecule has 4 heteroatoms. The van der Waals surface area contributed by atoms with Crippen LogP contribution in [0.15, 0.2) is 4.52 Å². The molecule has 82 valence electrons. The van der Waals surface area contributed by atoms with E-state index in [1.807, 2.05) is 13.8 Å². The maximum Gasteiger partial charge on any atom is 0.236 e. The van der Waals surface area contributed by atoms with Crippen LogP contribution in [-0.4, -0.2) is 15.9 Å². The summed E-state index contributed by atoms with van der Waals surface area (Å²) >= 11 is 0. The van der Waals surface area contributed by atoms with Crippen LogP contribution >= 0.6 is 0 Å². The third kappa shape index (κ3) is 2.43. The average Bonchev–Trinajstić information content (AvgIpc) is 2.93. The average molecular weight is 208 g/mol. The zero-order valence-corrected chi connectivity index (χ0v) is 9.19. The van der Waals surface area contributed by atoms with E-state index in [1.165, 1.54) is 12.8 Å². The number of Topliss-reactive ketones (excluding diaryl/α,β-unsaturated/α-hetero) is 1. The highest BCUT2D eigenvalue weighted by atomic mass is 16.5. The second kappa shape index (κ2) is 4.13. The number of ketones is 1. The fourth-order valence-corrected chi connectivity index (χ4v) is 1.55. The maximum atomic E-state index is 11.4. The Bertz CT molecular complexity index is 355. The van der Waals surface area contributed by atoms with Crippen molar-refractivity contribution in [3.63, 3.8) is 0 Å². The molecule has 1 unspecified atom stereocenters. The summed E-state index contributed by atoms with van der Waals surface area (Å²) in [5.41, 5.74) is 0. The molecule has 1 atom stereocenters. The standard InChI is InChI=1S/C11H16N2O2/c1-3-9(14)7(2)11-12-10(13-15-11)6-8-4-5-8/h7-8H,3-6H2,1-2H3. The molecule has 0 bridgehead atoms. The van der Waals surface area contributed by atoms with Crippen molar-refractivity contribution < 1.29 is 9.32 Å². The number of carbonyl (C=O) groups is 1. The van der Waals surface area contributed by atoms with Crippen LogP contribution in [0, 0.1) is 5.92 Å². The van der Waals surface area contributed by atoms with Crippen LogP contribution in [-0.2, 0) is 11.2 Å². The molecule has 0 radical (unpaired) electrons. The molecule has 0 spiro atoms. The first-order chi connectivity index (χ1) is 7.20. The van der Waals surface area contributed by atoms with E-state index in [1.54, 1.807) is 0 Å². The topological polar surface area (TPSA) is 56.0 Å². The van der Waals surface area contributed by atoms with E-state index >= 15 is 0 Å². The molecule has 1 aliphatic rings. The molecule has 1 aromatic rings. The molecule has 1 fully saturated rings. The van der Waals surface area contributed by atoms with Gasteiger partial charge in [-0.3, -0.25) is 4.79 Å². The van der Waals surface area contributed by atoms with Crippen molar-refractivity contribution in [1.82, 2.24) is 10.1 Å². The molecule has 1 aliphatic carbocycles. The van der Waals surface area contributed by atoms with Crippen molar-refractivity contribution in [3.8, 4) is 0 Å². The van der Waals surface area contributed by atoms with Crippen molar-refractivity contribution in [2.75, 3.05) is 0 Å². The third-order valence-corrected chi connectivity index (χ3v) is 2.85. The molecular weight excluding hydrogens is 192 g/mol. The molecule has 1 aromatic heterocycles. The van der Waals surface area contributed by atoms with Gasteiger partial charge in [-0.15, -0.1) is 0 Å². The molecule has 0 aromatic carbocycles. The maximum absolute atomic E-state index is 11.4. The molecule has 1 heterocycles. The Kier molecular flexibility index (Phi) is 2.84. The fraction of sp³-hybridized carbons (Fsp3) is 0.727. The summed E-state index contributed by atoms with van der Waals surface area (Å²) < 4.78 is 5.10. The van der Waals surface area contributed by atoms with E-state index in [0.717, 1.165) is 18.2 Å². The highest BCUT2D eigenvalue weighted by Crippen LogP contribution is 2.32. The van der Waals surface area contributed by atoms with Gasteiger partial charge >= 0.3 is 0 Å². The SMILES string of the molecule is CCC(=O)C(C)c1nc(CC2CC2)no1. The minimum atomic E-state index is -0.254. The summed E-state index contributed by atoms with van der Waals surface area (Å²) in [4.78, 5) is 15.7. The van der Waals surface area contributed by atoms with Gasteiger partial charge in [0.2, 0.25) is 5.89 Å². The molecule has 1 saturated carbocycles. The van der Waals surface area contributed by atoms with Gasteiger partial charge in [0.05, 0.1) is 5.92 Å². The molecule has 0 saturated heterocycles. The Morgan fingerprint density at radius 2 is 2.33 bits per heavy atom. The lowest BCUT2D eigenvalue weighted by Crippen LogP contribution is -2.07. The summed E-state index contributed by atoms with van der Waals surface area (Å²) in [5, 5.41) is 3.90. The fourth-order valence-electron chi connectivity index (χ4n) is 1.55. The zero-order valence-electron chi connectivity index (χ0n) is 9.19. The van der Waals surface area contributed by atoms with Gasteiger partial charge < -0.3 is 4.52 Å². The van der Waals surface area contributed by atoms with Crippen molar-refractivity contribution in [2.45, 2.75) is 45.4 Å². The highest BCUT2D eigenvalue weighted by Gasteiger charge is 2.25. The lowest BCUT2D eigenvalue weighted by Gasteiger charge is -2.01. The molecule has 0 amide bonds. The second-order valence-corrected chi connectivity index (χ2v) is 4.24. The van der Waals surface area contributed by atoms with E-state index in [-0.39, 0.29) is 11.7 Å². The number of hydrogen-bond donors (Lipinski definition) is 0. The largest absolute Gasteiger partial charge is 0.339 e. The molecular formula is C11H16N2O2. The quantitative estimate of drug-likeness (QED) is 0.743. The van der Waals surface area contributed by atoms with E-state index in [0.29, 0.717) is 12.3 Å². The van der Waals surface area contributed by atoms with Gasteiger partial charge in [-0.2, -0.15) is 4.98 Å². The second-order valence-electron chi connectivity index (χ2n) is 4.24. The molecule has 4 nitrogen and oxygen atoms in total. The smallest absolute Gasteiger partial charge is 0.236 e. The minimum absolute atomic E-state index is 0.150. The number of hydrogen-bond acceptors (Lipinski definition) is 4. The van der Waals surface area contributed by atoms with Crippen LogP contribution in [0.2, 0.25) is 0 Å². The first-order valence-corrected chi connectivity index (χ1v) is 5.56. The van der Waals surface area contributed by atoms with Gasteiger partial charge in [0, 0.05) is 12.8 Å². The van der Waals surface area contributed by atoms with Gasteiger partial charge in [0.25, 0.3) is 0 Å². The van der Waals surface area contributed by atoms with E-state index in [9.17, 15) is 4.79 Å². The summed E-state index contributed by atoms with van der Waals surface area (Å²) in [6.07, 6.45) is 3.96. The summed E-state index contributed by atoms with van der Waals surface area (Å²) in [6, 6.07) is 0. The van der Waals surface area contributed by atoms with Crippen LogP contribution in [0.3, 0.4) is 0 Å². The highest BCUT2D eigenvalue weighted by molar-refractivity contribution is 5.83. The Labute approximate surface area is 89.1 Å². The van der Waals surface area contributed by atoms with E-state index < -0.39 is 0 Å². The monoisotopic (exact) mass is 208 g/mol. The van der Waals surface area contributed by atoms with Crippen LogP contribution in [0.5, 0.6) is 0 Å². The number of rotatable bonds is 5. The number of aromatic nitrogens is 2. The first kappa shape index (κ1) is 10.3. The zero-order chi connectivity index (χ0) is 10.8. The minimum Gasteiger partial charge on any atom is -0.339 e. The van der Waals surface area contributed by atoms with Crippen molar-refractivity contribution in [2.24, 2.45) is 5.92 Å². The van der Waals surface area contributed by atoms with Gasteiger partial charge in [-0.25, -0.2) is 0 Å². The van der Waals surface area contributed by atoms with E-state index in [2.05, 4.69) is 10.1 Å². The number of nitrogens with zero attached hydrogens (tertiary/aromatic N) is 2. The van der Waals surface area contributed by atoms with Crippen LogP contribution in [0.4, 0.5) is 0 Å². The van der Waals surface area contributed by atoms with Gasteiger partial charge in [-0.1, -0.05) is 12.1 Å². The van der Waals surface area contributed by atoms with E-state index in [4.69, 9.17) is 4.52 Å². The van der Waals surface area contributed by atoms with Gasteiger partial charge in [-0.05, 0) is 25.7 Å². The molecule has 0 aliphatic heterocycles. The van der Waals surface area contributed by atoms with Crippen LogP contribution in [0.1, 0.15) is 50.7 Å². The van der Waals surface area contributed by atoms with Crippen LogP contribution < -0.4 is 0 Å². The number of carbonyl (C=O) groups excluding carboxylic acids is 1. The predicted molar refractivity (Wildman–Crippen MR) is 54.4 cm³/mol. The summed E-state index contributed by atoms with van der Waals surface area (Å²) in [7, 11) is 0. The van der Waals surface area contributed by atoms with Crippen molar-refractivity contribution in [1.29, 1.82) is 0 Å². The van der Waals surface area contributed by atoms with Gasteiger partial charge in [0.15, 0.2) is 5.82 Å². The Morgan fingerprint density at radius 3 is 2.93 bits per heavy atom. The Morgan fingerprint density at radius 1 is 1.60 bits per heavy atom. The van der Waals surface area contributed by atoms with Crippen LogP contribution in [0.25, 0.3) is 0 Å². The van der Waals surface area contributed by atoms with Crippen molar-refractivity contribution in [3.05, 3.63) is 11.7 Å². The summed E-state index contributed by atoms with van der Waals surface area (Å²) in [5.74, 6) is 1.86. The lowest BCUT2D eigenvalue weighted by atomic mass is 10.1. The van der Waals surface area contributed by atoms with Gasteiger partial charge in [0.1, 0.15) is 5.78 Å². The molecule has 15 heavy (non-hydrogen) atoms. The molecule has 2 rings (SSSR count). The normalized spacial score (nSPS) is 17.7.